The van der Waals surface area contributed by atoms with Crippen molar-refractivity contribution >= 4 is 10.3 Å². The maximum atomic E-state index is 11.1. The fraction of sp³-hybridized carbons (Fsp3) is 0.400. The van der Waals surface area contributed by atoms with Crippen molar-refractivity contribution in [3.8, 4) is 0 Å². The van der Waals surface area contributed by atoms with Crippen LogP contribution in [0.5, 0.6) is 0 Å². The van der Waals surface area contributed by atoms with E-state index >= 15 is 0 Å². The lowest BCUT2D eigenvalue weighted by Gasteiger charge is -2.36. The van der Waals surface area contributed by atoms with Gasteiger partial charge in [-0.15, -0.1) is 0 Å². The minimum absolute atomic E-state index is 0.295. The summed E-state index contributed by atoms with van der Waals surface area (Å²) < 4.78 is 27.3. The number of hydrogen-bond acceptors (Lipinski definition) is 4. The van der Waals surface area contributed by atoms with Crippen molar-refractivity contribution in [2.45, 2.75) is 50.9 Å². The van der Waals surface area contributed by atoms with Gasteiger partial charge < -0.3 is 0 Å². The molecule has 2 N–H and O–H groups in total. The molecule has 2 aromatic carbocycles. The van der Waals surface area contributed by atoms with Crippen LogP contribution < -0.4 is 5.14 Å². The van der Waals surface area contributed by atoms with Crippen LogP contribution in [-0.2, 0) is 27.6 Å². The van der Waals surface area contributed by atoms with Gasteiger partial charge in [0, 0.05) is 19.1 Å². The summed E-state index contributed by atoms with van der Waals surface area (Å²) in [5, 5.41) is 5.00. The Hall–Kier alpha value is -1.73. The van der Waals surface area contributed by atoms with E-state index in [2.05, 4.69) is 53.4 Å². The molecule has 0 unspecified atom stereocenters. The van der Waals surface area contributed by atoms with Crippen LogP contribution in [0.4, 0.5) is 0 Å². The van der Waals surface area contributed by atoms with Gasteiger partial charge in [0.15, 0.2) is 0 Å². The highest BCUT2D eigenvalue weighted by atomic mass is 32.2. The second-order valence-corrected chi connectivity index (χ2v) is 8.07. The van der Waals surface area contributed by atoms with E-state index in [-0.39, 0.29) is 6.10 Å². The van der Waals surface area contributed by atoms with Crippen LogP contribution in [0, 0.1) is 0 Å². The molecule has 0 heterocycles. The number of benzene rings is 2. The largest absolute Gasteiger partial charge is 0.333 e. The summed E-state index contributed by atoms with van der Waals surface area (Å²) in [5.41, 5.74) is 2.57. The van der Waals surface area contributed by atoms with Gasteiger partial charge in [-0.25, -0.2) is 5.14 Å². The first-order valence-electron chi connectivity index (χ1n) is 9.02. The first kappa shape index (κ1) is 19.0. The Bertz CT molecular complexity index is 732. The molecule has 1 saturated carbocycles. The van der Waals surface area contributed by atoms with Crippen LogP contribution in [0.3, 0.4) is 0 Å². The van der Waals surface area contributed by atoms with Crippen molar-refractivity contribution in [1.82, 2.24) is 4.90 Å². The van der Waals surface area contributed by atoms with Gasteiger partial charge >= 0.3 is 10.3 Å². The highest BCUT2D eigenvalue weighted by molar-refractivity contribution is 7.84. The topological polar surface area (TPSA) is 72.6 Å². The molecule has 3 rings (SSSR count). The molecular weight excluding hydrogens is 348 g/mol. The lowest BCUT2D eigenvalue weighted by atomic mass is 9.91. The van der Waals surface area contributed by atoms with Gasteiger partial charge in [0.2, 0.25) is 0 Å². The Morgan fingerprint density at radius 3 is 1.73 bits per heavy atom. The number of nitrogens with two attached hydrogens (primary N) is 1. The molecule has 26 heavy (non-hydrogen) atoms. The van der Waals surface area contributed by atoms with Crippen LogP contribution in [0.15, 0.2) is 60.7 Å². The summed E-state index contributed by atoms with van der Waals surface area (Å²) in [6.07, 6.45) is 2.93. The summed E-state index contributed by atoms with van der Waals surface area (Å²) in [6, 6.07) is 21.3. The van der Waals surface area contributed by atoms with E-state index in [0.29, 0.717) is 18.9 Å². The minimum Gasteiger partial charge on any atom is -0.292 e. The fourth-order valence-electron chi connectivity index (χ4n) is 3.65. The summed E-state index contributed by atoms with van der Waals surface area (Å²) in [5.74, 6) is 0. The summed E-state index contributed by atoms with van der Waals surface area (Å²) >= 11 is 0. The molecular formula is C20H26N2O3S. The zero-order valence-corrected chi connectivity index (χ0v) is 15.6. The van der Waals surface area contributed by atoms with Crippen molar-refractivity contribution in [2.24, 2.45) is 5.14 Å². The van der Waals surface area contributed by atoms with Crippen LogP contribution >= 0.6 is 0 Å². The Morgan fingerprint density at radius 2 is 1.31 bits per heavy atom. The summed E-state index contributed by atoms with van der Waals surface area (Å²) in [6.45, 7) is 1.75. The van der Waals surface area contributed by atoms with Crippen molar-refractivity contribution in [3.63, 3.8) is 0 Å². The van der Waals surface area contributed by atoms with Crippen molar-refractivity contribution < 1.29 is 12.6 Å². The van der Waals surface area contributed by atoms with Gasteiger partial charge in [-0.3, -0.25) is 9.08 Å². The lowest BCUT2D eigenvalue weighted by Crippen LogP contribution is -2.39. The number of hydrogen-bond donors (Lipinski definition) is 1. The Kier molecular flexibility index (Phi) is 6.43. The SMILES string of the molecule is NS(=O)(=O)O[C@H]1CC[C@H](N(Cc2ccccc2)Cc2ccccc2)CC1. The molecule has 1 aliphatic carbocycles. The van der Waals surface area contributed by atoms with Gasteiger partial charge in [0.25, 0.3) is 0 Å². The second-order valence-electron chi connectivity index (χ2n) is 6.90. The zero-order chi connectivity index (χ0) is 18.4. The van der Waals surface area contributed by atoms with E-state index < -0.39 is 10.3 Å². The molecule has 0 spiro atoms. The molecule has 1 aliphatic rings. The van der Waals surface area contributed by atoms with Gasteiger partial charge in [0.1, 0.15) is 0 Å². The molecule has 0 bridgehead atoms. The maximum absolute atomic E-state index is 11.1. The van der Waals surface area contributed by atoms with E-state index in [4.69, 9.17) is 9.32 Å². The summed E-state index contributed by atoms with van der Waals surface area (Å²) in [4.78, 5) is 2.48. The summed E-state index contributed by atoms with van der Waals surface area (Å²) in [7, 11) is -3.87. The molecule has 1 fully saturated rings. The molecule has 140 valence electrons. The highest BCUT2D eigenvalue weighted by Crippen LogP contribution is 2.28. The molecule has 0 saturated heterocycles. The molecule has 6 heteroatoms. The van der Waals surface area contributed by atoms with Crippen molar-refractivity contribution in [1.29, 1.82) is 0 Å². The quantitative estimate of drug-likeness (QED) is 0.808. The second kappa shape index (κ2) is 8.77. The predicted octanol–water partition coefficient (Wildman–Crippen LogP) is 3.22. The molecule has 2 aromatic rings. The first-order valence-corrected chi connectivity index (χ1v) is 10.5. The zero-order valence-electron chi connectivity index (χ0n) is 14.8. The smallest absolute Gasteiger partial charge is 0.292 e. The van der Waals surface area contributed by atoms with Crippen LogP contribution in [0.25, 0.3) is 0 Å². The van der Waals surface area contributed by atoms with E-state index in [1.165, 1.54) is 11.1 Å². The van der Waals surface area contributed by atoms with Gasteiger partial charge in [-0.2, -0.15) is 8.42 Å². The normalized spacial score (nSPS) is 21.0. The maximum Gasteiger partial charge on any atom is 0.333 e. The third-order valence-electron chi connectivity index (χ3n) is 4.89. The average Bonchev–Trinajstić information content (AvgIpc) is 2.62. The lowest BCUT2D eigenvalue weighted by molar-refractivity contribution is 0.0827. The Balaban J connectivity index is 1.67. The molecule has 0 amide bonds. The fourth-order valence-corrected chi connectivity index (χ4v) is 4.22. The molecule has 0 atom stereocenters. The molecule has 0 radical (unpaired) electrons. The van der Waals surface area contributed by atoms with Crippen LogP contribution in [0.1, 0.15) is 36.8 Å². The monoisotopic (exact) mass is 374 g/mol. The minimum atomic E-state index is -3.87. The predicted molar refractivity (Wildman–Crippen MR) is 102 cm³/mol. The average molecular weight is 375 g/mol. The van der Waals surface area contributed by atoms with E-state index in [0.717, 1.165) is 25.9 Å². The highest BCUT2D eigenvalue weighted by Gasteiger charge is 2.28. The first-order chi connectivity index (χ1) is 12.5. The molecule has 0 aromatic heterocycles. The van der Waals surface area contributed by atoms with Crippen molar-refractivity contribution in [2.75, 3.05) is 0 Å². The van der Waals surface area contributed by atoms with E-state index in [9.17, 15) is 8.42 Å². The number of nitrogens with zero attached hydrogens (tertiary/aromatic N) is 1. The third kappa shape index (κ3) is 5.92. The third-order valence-corrected chi connectivity index (χ3v) is 5.43. The van der Waals surface area contributed by atoms with Gasteiger partial charge in [0.05, 0.1) is 6.10 Å². The van der Waals surface area contributed by atoms with Crippen LogP contribution in [0.2, 0.25) is 0 Å². The molecule has 5 nitrogen and oxygen atoms in total. The van der Waals surface area contributed by atoms with Crippen LogP contribution in [-0.4, -0.2) is 25.5 Å². The molecule has 0 aliphatic heterocycles. The Morgan fingerprint density at radius 1 is 0.846 bits per heavy atom. The van der Waals surface area contributed by atoms with Gasteiger partial charge in [-0.05, 0) is 36.8 Å². The number of rotatable bonds is 7. The van der Waals surface area contributed by atoms with Crippen molar-refractivity contribution in [3.05, 3.63) is 71.8 Å². The standard InChI is InChI=1S/C20H26N2O3S/c21-26(23,24)25-20-13-11-19(12-14-20)22(15-17-7-3-1-4-8-17)16-18-9-5-2-6-10-18/h1-10,19-20H,11-16H2,(H2,21,23,24)/t19-,20-. The Labute approximate surface area is 156 Å². The van der Waals surface area contributed by atoms with E-state index in [1.54, 1.807) is 0 Å². The van der Waals surface area contributed by atoms with Gasteiger partial charge in [-0.1, -0.05) is 60.7 Å². The van der Waals surface area contributed by atoms with E-state index in [1.807, 2.05) is 12.1 Å².